The van der Waals surface area contributed by atoms with Gasteiger partial charge in [-0.15, -0.1) is 5.10 Å². The Balaban J connectivity index is 2.24. The van der Waals surface area contributed by atoms with Crippen LogP contribution in [-0.2, 0) is 11.3 Å². The fraction of sp³-hybridized carbons (Fsp3) is 0.667. The van der Waals surface area contributed by atoms with Crippen molar-refractivity contribution in [2.75, 3.05) is 12.3 Å². The number of aromatic nitrogens is 3. The monoisotopic (exact) mass is 211 g/mol. The van der Waals surface area contributed by atoms with Crippen LogP contribution >= 0.6 is 0 Å². The molecular weight excluding hydrogens is 194 g/mol. The van der Waals surface area contributed by atoms with Gasteiger partial charge in [-0.25, -0.2) is 4.68 Å². The van der Waals surface area contributed by atoms with Gasteiger partial charge in [0.2, 0.25) is 5.91 Å². The predicted octanol–water partition coefficient (Wildman–Crippen LogP) is 0.0226. The highest BCUT2D eigenvalue weighted by Crippen LogP contribution is 1.96. The third kappa shape index (κ3) is 4.44. The average Bonchev–Trinajstić information content (AvgIpc) is 2.50. The molecular formula is C9H17N5O. The SMILES string of the molecule is CC(C)CCNC(=O)Cn1cc(N)nn1. The highest BCUT2D eigenvalue weighted by Gasteiger charge is 2.04. The van der Waals surface area contributed by atoms with E-state index < -0.39 is 0 Å². The highest BCUT2D eigenvalue weighted by atomic mass is 16.2. The number of anilines is 1. The summed E-state index contributed by atoms with van der Waals surface area (Å²) in [5.74, 6) is 0.845. The van der Waals surface area contributed by atoms with Crippen molar-refractivity contribution >= 4 is 11.7 Å². The van der Waals surface area contributed by atoms with E-state index in [2.05, 4.69) is 29.5 Å². The first kappa shape index (κ1) is 11.5. The molecule has 6 heteroatoms. The first-order chi connectivity index (χ1) is 7.08. The molecule has 1 aromatic rings. The summed E-state index contributed by atoms with van der Waals surface area (Å²) < 4.78 is 1.42. The Morgan fingerprint density at radius 2 is 2.40 bits per heavy atom. The van der Waals surface area contributed by atoms with Gasteiger partial charge in [-0.2, -0.15) is 0 Å². The molecule has 0 atom stereocenters. The van der Waals surface area contributed by atoms with Crippen molar-refractivity contribution in [1.82, 2.24) is 20.3 Å². The number of nitrogens with two attached hydrogens (primary N) is 1. The predicted molar refractivity (Wildman–Crippen MR) is 56.9 cm³/mol. The third-order valence-electron chi connectivity index (χ3n) is 1.91. The Hall–Kier alpha value is -1.59. The largest absolute Gasteiger partial charge is 0.381 e. The van der Waals surface area contributed by atoms with Gasteiger partial charge in [0, 0.05) is 6.54 Å². The van der Waals surface area contributed by atoms with Crippen molar-refractivity contribution < 1.29 is 4.79 Å². The second kappa shape index (κ2) is 5.33. The van der Waals surface area contributed by atoms with Crippen LogP contribution in [0.15, 0.2) is 6.20 Å². The van der Waals surface area contributed by atoms with Gasteiger partial charge in [0.05, 0.1) is 6.20 Å². The normalized spacial score (nSPS) is 10.6. The minimum atomic E-state index is -0.0689. The van der Waals surface area contributed by atoms with Crippen molar-refractivity contribution in [3.8, 4) is 0 Å². The van der Waals surface area contributed by atoms with Crippen LogP contribution in [0.2, 0.25) is 0 Å². The summed E-state index contributed by atoms with van der Waals surface area (Å²) in [6.45, 7) is 5.09. The zero-order valence-corrected chi connectivity index (χ0v) is 9.10. The van der Waals surface area contributed by atoms with E-state index in [1.807, 2.05) is 0 Å². The van der Waals surface area contributed by atoms with E-state index in [0.717, 1.165) is 6.42 Å². The molecule has 0 aliphatic rings. The van der Waals surface area contributed by atoms with Gasteiger partial charge in [-0.3, -0.25) is 4.79 Å². The number of rotatable bonds is 5. The van der Waals surface area contributed by atoms with E-state index in [0.29, 0.717) is 18.3 Å². The van der Waals surface area contributed by atoms with Gasteiger partial charge in [0.15, 0.2) is 5.82 Å². The number of nitrogens with one attached hydrogen (secondary N) is 1. The second-order valence-electron chi connectivity index (χ2n) is 3.87. The molecule has 0 aliphatic carbocycles. The Morgan fingerprint density at radius 3 is 2.93 bits per heavy atom. The highest BCUT2D eigenvalue weighted by molar-refractivity contribution is 5.75. The van der Waals surface area contributed by atoms with Crippen molar-refractivity contribution in [3.63, 3.8) is 0 Å². The molecule has 6 nitrogen and oxygen atoms in total. The molecule has 0 fully saturated rings. The molecule has 0 radical (unpaired) electrons. The molecule has 84 valence electrons. The van der Waals surface area contributed by atoms with Crippen LogP contribution in [0.1, 0.15) is 20.3 Å². The van der Waals surface area contributed by atoms with E-state index >= 15 is 0 Å². The maximum absolute atomic E-state index is 11.4. The summed E-state index contributed by atoms with van der Waals surface area (Å²) in [5.41, 5.74) is 5.37. The van der Waals surface area contributed by atoms with Crippen molar-refractivity contribution in [1.29, 1.82) is 0 Å². The fourth-order valence-corrected chi connectivity index (χ4v) is 1.09. The van der Waals surface area contributed by atoms with Crippen molar-refractivity contribution in [3.05, 3.63) is 6.20 Å². The fourth-order valence-electron chi connectivity index (χ4n) is 1.09. The number of nitrogen functional groups attached to an aromatic ring is 1. The lowest BCUT2D eigenvalue weighted by molar-refractivity contribution is -0.121. The van der Waals surface area contributed by atoms with E-state index in [1.165, 1.54) is 10.9 Å². The summed E-state index contributed by atoms with van der Waals surface area (Å²) in [7, 11) is 0. The summed E-state index contributed by atoms with van der Waals surface area (Å²) in [6.07, 6.45) is 2.51. The van der Waals surface area contributed by atoms with Crippen LogP contribution in [0, 0.1) is 5.92 Å². The lowest BCUT2D eigenvalue weighted by Crippen LogP contribution is -2.29. The maximum Gasteiger partial charge on any atom is 0.241 e. The summed E-state index contributed by atoms with van der Waals surface area (Å²) in [5, 5.41) is 10.1. The molecule has 1 heterocycles. The lowest BCUT2D eigenvalue weighted by atomic mass is 10.1. The molecule has 3 N–H and O–H groups in total. The molecule has 1 amide bonds. The number of carbonyl (C=O) groups excluding carboxylic acids is 1. The van der Waals surface area contributed by atoms with Crippen LogP contribution in [0.4, 0.5) is 5.82 Å². The maximum atomic E-state index is 11.4. The van der Waals surface area contributed by atoms with E-state index in [-0.39, 0.29) is 12.5 Å². The Labute approximate surface area is 88.8 Å². The Kier molecular flexibility index (Phi) is 4.08. The number of nitrogens with zero attached hydrogens (tertiary/aromatic N) is 3. The topological polar surface area (TPSA) is 85.8 Å². The van der Waals surface area contributed by atoms with Crippen LogP contribution in [0.25, 0.3) is 0 Å². The van der Waals surface area contributed by atoms with E-state index in [1.54, 1.807) is 0 Å². The minimum Gasteiger partial charge on any atom is -0.381 e. The second-order valence-corrected chi connectivity index (χ2v) is 3.87. The first-order valence-corrected chi connectivity index (χ1v) is 5.00. The smallest absolute Gasteiger partial charge is 0.241 e. The molecule has 0 saturated carbocycles. The van der Waals surface area contributed by atoms with Crippen LogP contribution in [-0.4, -0.2) is 27.4 Å². The zero-order chi connectivity index (χ0) is 11.3. The third-order valence-corrected chi connectivity index (χ3v) is 1.91. The average molecular weight is 211 g/mol. The van der Waals surface area contributed by atoms with Gasteiger partial charge in [-0.05, 0) is 12.3 Å². The standard InChI is InChI=1S/C9H17N5O/c1-7(2)3-4-11-9(15)6-14-5-8(10)12-13-14/h5,7H,3-4,6,10H2,1-2H3,(H,11,15). The zero-order valence-electron chi connectivity index (χ0n) is 9.10. The molecule has 0 saturated heterocycles. The summed E-state index contributed by atoms with van der Waals surface area (Å²) in [6, 6.07) is 0. The molecule has 1 aromatic heterocycles. The van der Waals surface area contributed by atoms with Crippen molar-refractivity contribution in [2.45, 2.75) is 26.8 Å². The number of amides is 1. The van der Waals surface area contributed by atoms with Gasteiger partial charge in [0.1, 0.15) is 6.54 Å². The van der Waals surface area contributed by atoms with Crippen LogP contribution in [0.3, 0.4) is 0 Å². The number of carbonyl (C=O) groups is 1. The van der Waals surface area contributed by atoms with Gasteiger partial charge in [-0.1, -0.05) is 19.1 Å². The quantitative estimate of drug-likeness (QED) is 0.719. The van der Waals surface area contributed by atoms with Gasteiger partial charge >= 0.3 is 0 Å². The number of hydrogen-bond acceptors (Lipinski definition) is 4. The van der Waals surface area contributed by atoms with Crippen molar-refractivity contribution in [2.24, 2.45) is 5.92 Å². The van der Waals surface area contributed by atoms with E-state index in [9.17, 15) is 4.79 Å². The van der Waals surface area contributed by atoms with Gasteiger partial charge in [0.25, 0.3) is 0 Å². The molecule has 0 aliphatic heterocycles. The first-order valence-electron chi connectivity index (χ1n) is 5.00. The van der Waals surface area contributed by atoms with Crippen LogP contribution in [0.5, 0.6) is 0 Å². The number of hydrogen-bond donors (Lipinski definition) is 2. The molecule has 0 bridgehead atoms. The molecule has 15 heavy (non-hydrogen) atoms. The van der Waals surface area contributed by atoms with Gasteiger partial charge < -0.3 is 11.1 Å². The Morgan fingerprint density at radius 1 is 1.67 bits per heavy atom. The minimum absolute atomic E-state index is 0.0689. The van der Waals surface area contributed by atoms with E-state index in [4.69, 9.17) is 5.73 Å². The Bertz CT molecular complexity index is 320. The van der Waals surface area contributed by atoms with Crippen LogP contribution < -0.4 is 11.1 Å². The molecule has 0 spiro atoms. The molecule has 1 rings (SSSR count). The molecule has 0 unspecified atom stereocenters. The summed E-state index contributed by atoms with van der Waals surface area (Å²) in [4.78, 5) is 11.4. The summed E-state index contributed by atoms with van der Waals surface area (Å²) >= 11 is 0. The lowest BCUT2D eigenvalue weighted by Gasteiger charge is -2.06. The molecule has 0 aromatic carbocycles.